The summed E-state index contributed by atoms with van der Waals surface area (Å²) in [5.74, 6) is 0.836. The van der Waals surface area contributed by atoms with E-state index >= 15 is 0 Å². The largest absolute Gasteiger partial charge is 0.493 e. The molecule has 0 aliphatic rings. The van der Waals surface area contributed by atoms with Gasteiger partial charge in [-0.15, -0.1) is 0 Å². The maximum absolute atomic E-state index is 12.6. The fourth-order valence-corrected chi connectivity index (χ4v) is 3.15. The minimum Gasteiger partial charge on any atom is -0.493 e. The molecular formula is C21H22N2O6. The highest BCUT2D eigenvalue weighted by Gasteiger charge is 2.21. The fourth-order valence-electron chi connectivity index (χ4n) is 3.15. The molecule has 0 aliphatic heterocycles. The van der Waals surface area contributed by atoms with Gasteiger partial charge in [-0.2, -0.15) is 0 Å². The van der Waals surface area contributed by atoms with Crippen molar-refractivity contribution < 1.29 is 28.5 Å². The maximum Gasteiger partial charge on any atom is 0.337 e. The van der Waals surface area contributed by atoms with E-state index in [2.05, 4.69) is 15.0 Å². The van der Waals surface area contributed by atoms with Gasteiger partial charge in [0.1, 0.15) is 0 Å². The minimum absolute atomic E-state index is 0.116. The first-order valence-corrected chi connectivity index (χ1v) is 8.79. The van der Waals surface area contributed by atoms with Gasteiger partial charge in [-0.1, -0.05) is 0 Å². The van der Waals surface area contributed by atoms with E-state index in [-0.39, 0.29) is 12.3 Å². The van der Waals surface area contributed by atoms with Crippen molar-refractivity contribution in [1.82, 2.24) is 4.98 Å². The van der Waals surface area contributed by atoms with Gasteiger partial charge in [0.05, 0.1) is 45.9 Å². The smallest absolute Gasteiger partial charge is 0.337 e. The summed E-state index contributed by atoms with van der Waals surface area (Å²) in [5.41, 5.74) is 2.51. The number of ether oxygens (including phenoxy) is 4. The van der Waals surface area contributed by atoms with E-state index in [0.717, 1.165) is 16.5 Å². The van der Waals surface area contributed by atoms with Crippen LogP contribution in [-0.4, -0.2) is 45.3 Å². The number of amides is 1. The predicted octanol–water partition coefficient (Wildman–Crippen LogP) is 3.16. The van der Waals surface area contributed by atoms with Crippen LogP contribution < -0.4 is 19.5 Å². The summed E-state index contributed by atoms with van der Waals surface area (Å²) in [4.78, 5) is 27.2. The highest BCUT2D eigenvalue weighted by Crippen LogP contribution is 2.44. The van der Waals surface area contributed by atoms with E-state index in [9.17, 15) is 9.59 Å². The van der Waals surface area contributed by atoms with Gasteiger partial charge in [0.2, 0.25) is 11.7 Å². The van der Waals surface area contributed by atoms with Crippen molar-refractivity contribution >= 4 is 28.5 Å². The van der Waals surface area contributed by atoms with Crippen LogP contribution >= 0.6 is 0 Å². The molecule has 2 aromatic carbocycles. The number of aromatic amines is 1. The number of rotatable bonds is 7. The molecule has 0 saturated carbocycles. The van der Waals surface area contributed by atoms with Crippen LogP contribution in [0, 0.1) is 0 Å². The zero-order chi connectivity index (χ0) is 21.0. The number of nitrogens with one attached hydrogen (secondary N) is 2. The lowest BCUT2D eigenvalue weighted by Gasteiger charge is -2.14. The Kier molecular flexibility index (Phi) is 5.92. The predicted molar refractivity (Wildman–Crippen MR) is 108 cm³/mol. The van der Waals surface area contributed by atoms with Crippen molar-refractivity contribution in [1.29, 1.82) is 0 Å². The van der Waals surface area contributed by atoms with E-state index in [1.54, 1.807) is 43.6 Å². The van der Waals surface area contributed by atoms with E-state index < -0.39 is 5.97 Å². The van der Waals surface area contributed by atoms with Crippen LogP contribution in [0.25, 0.3) is 10.9 Å². The average Bonchev–Trinajstić information content (AvgIpc) is 3.14. The Bertz CT molecular complexity index is 1040. The number of fused-ring (bicyclic) bond motifs is 1. The summed E-state index contributed by atoms with van der Waals surface area (Å²) in [5, 5.41) is 3.57. The zero-order valence-electron chi connectivity index (χ0n) is 16.6. The van der Waals surface area contributed by atoms with Gasteiger partial charge < -0.3 is 29.2 Å². The van der Waals surface area contributed by atoms with E-state index in [4.69, 9.17) is 14.2 Å². The van der Waals surface area contributed by atoms with Crippen molar-refractivity contribution in [2.24, 2.45) is 0 Å². The number of hydrogen-bond acceptors (Lipinski definition) is 6. The molecule has 1 heterocycles. The van der Waals surface area contributed by atoms with Crippen molar-refractivity contribution in [3.63, 3.8) is 0 Å². The Morgan fingerprint density at radius 1 is 0.966 bits per heavy atom. The number of H-pyrrole nitrogens is 1. The van der Waals surface area contributed by atoms with Gasteiger partial charge in [0.15, 0.2) is 11.5 Å². The van der Waals surface area contributed by atoms with Gasteiger partial charge in [-0.25, -0.2) is 4.79 Å². The van der Waals surface area contributed by atoms with Crippen molar-refractivity contribution in [2.75, 3.05) is 33.8 Å². The summed E-state index contributed by atoms with van der Waals surface area (Å²) in [6, 6.07) is 8.27. The molecule has 3 rings (SSSR count). The van der Waals surface area contributed by atoms with Gasteiger partial charge in [-0.3, -0.25) is 4.79 Å². The number of carbonyl (C=O) groups is 2. The zero-order valence-corrected chi connectivity index (χ0v) is 16.6. The van der Waals surface area contributed by atoms with E-state index in [1.807, 2.05) is 0 Å². The molecule has 0 saturated heterocycles. The van der Waals surface area contributed by atoms with Crippen molar-refractivity contribution in [2.45, 2.75) is 6.42 Å². The Morgan fingerprint density at radius 2 is 1.66 bits per heavy atom. The number of esters is 1. The van der Waals surface area contributed by atoms with Crippen LogP contribution in [0.5, 0.6) is 17.2 Å². The van der Waals surface area contributed by atoms with Crippen molar-refractivity contribution in [3.05, 3.63) is 47.7 Å². The third-order valence-electron chi connectivity index (χ3n) is 4.49. The molecule has 0 aliphatic carbocycles. The SMILES string of the molecule is COC(=O)c1ccc(NC(=O)Cc2c[nH]c3cc(OC)c(OC)c(OC)c23)cc1. The summed E-state index contributed by atoms with van der Waals surface area (Å²) in [6.07, 6.45) is 1.87. The lowest BCUT2D eigenvalue weighted by Crippen LogP contribution is -2.14. The molecule has 0 atom stereocenters. The molecule has 8 heteroatoms. The molecule has 1 aromatic heterocycles. The highest BCUT2D eigenvalue weighted by molar-refractivity contribution is 5.99. The summed E-state index contributed by atoms with van der Waals surface area (Å²) in [7, 11) is 5.93. The fraction of sp³-hybridized carbons (Fsp3) is 0.238. The summed E-state index contributed by atoms with van der Waals surface area (Å²) < 4.78 is 21.0. The monoisotopic (exact) mass is 398 g/mol. The number of aromatic nitrogens is 1. The molecule has 29 heavy (non-hydrogen) atoms. The van der Waals surface area contributed by atoms with Crippen LogP contribution in [0.15, 0.2) is 36.5 Å². The average molecular weight is 398 g/mol. The molecule has 0 spiro atoms. The first-order chi connectivity index (χ1) is 14.0. The second-order valence-electron chi connectivity index (χ2n) is 6.18. The maximum atomic E-state index is 12.6. The Hall–Kier alpha value is -3.68. The van der Waals surface area contributed by atoms with Gasteiger partial charge in [-0.05, 0) is 29.8 Å². The second-order valence-corrected chi connectivity index (χ2v) is 6.18. The number of anilines is 1. The number of benzene rings is 2. The lowest BCUT2D eigenvalue weighted by molar-refractivity contribution is -0.115. The Labute approximate surface area is 167 Å². The normalized spacial score (nSPS) is 10.5. The van der Waals surface area contributed by atoms with E-state index in [0.29, 0.717) is 28.5 Å². The van der Waals surface area contributed by atoms with E-state index in [1.165, 1.54) is 21.3 Å². The molecule has 8 nitrogen and oxygen atoms in total. The standard InChI is InChI=1S/C21H22N2O6/c1-26-16-10-15-18(20(28-3)19(16)27-2)13(11-22-15)9-17(24)23-14-7-5-12(6-8-14)21(25)29-4/h5-8,10-11,22H,9H2,1-4H3,(H,23,24). The summed E-state index contributed by atoms with van der Waals surface area (Å²) >= 11 is 0. The number of methoxy groups -OCH3 is 4. The van der Waals surface area contributed by atoms with Crippen LogP contribution in [0.3, 0.4) is 0 Å². The minimum atomic E-state index is -0.432. The molecule has 3 aromatic rings. The third-order valence-corrected chi connectivity index (χ3v) is 4.49. The van der Waals surface area contributed by atoms with Gasteiger partial charge in [0.25, 0.3) is 0 Å². The molecular weight excluding hydrogens is 376 g/mol. The first-order valence-electron chi connectivity index (χ1n) is 8.79. The second kappa shape index (κ2) is 8.55. The molecule has 0 fully saturated rings. The number of hydrogen-bond donors (Lipinski definition) is 2. The molecule has 0 unspecified atom stereocenters. The molecule has 152 valence electrons. The molecule has 2 N–H and O–H groups in total. The Morgan fingerprint density at radius 3 is 2.24 bits per heavy atom. The number of carbonyl (C=O) groups excluding carboxylic acids is 2. The molecule has 0 bridgehead atoms. The quantitative estimate of drug-likeness (QED) is 0.593. The molecule has 0 radical (unpaired) electrons. The van der Waals surface area contributed by atoms with Gasteiger partial charge >= 0.3 is 5.97 Å². The lowest BCUT2D eigenvalue weighted by atomic mass is 10.1. The topological polar surface area (TPSA) is 98.9 Å². The van der Waals surface area contributed by atoms with Crippen LogP contribution in [-0.2, 0) is 16.0 Å². The molecule has 1 amide bonds. The van der Waals surface area contributed by atoms with Gasteiger partial charge in [0, 0.05) is 23.3 Å². The van der Waals surface area contributed by atoms with Crippen LogP contribution in [0.1, 0.15) is 15.9 Å². The summed E-state index contributed by atoms with van der Waals surface area (Å²) in [6.45, 7) is 0. The van der Waals surface area contributed by atoms with Crippen molar-refractivity contribution in [3.8, 4) is 17.2 Å². The third kappa shape index (κ3) is 3.96. The van der Waals surface area contributed by atoms with Crippen LogP contribution in [0.4, 0.5) is 5.69 Å². The first kappa shape index (κ1) is 20.1. The van der Waals surface area contributed by atoms with Crippen LogP contribution in [0.2, 0.25) is 0 Å². The Balaban J connectivity index is 1.84. The highest BCUT2D eigenvalue weighted by atomic mass is 16.5.